The van der Waals surface area contributed by atoms with Gasteiger partial charge in [-0.15, -0.1) is 0 Å². The lowest BCUT2D eigenvalue weighted by atomic mass is 9.83. The summed E-state index contributed by atoms with van der Waals surface area (Å²) >= 11 is 0. The molecule has 2 atom stereocenters. The van der Waals surface area contributed by atoms with Crippen LogP contribution < -0.4 is 24.6 Å². The lowest BCUT2D eigenvalue weighted by molar-refractivity contribution is -0.125. The molecule has 172 valence electrons. The molecule has 0 spiro atoms. The molecular weight excluding hydrogens is 406 g/mol. The third-order valence-corrected chi connectivity index (χ3v) is 6.52. The molecule has 2 heterocycles. The maximum Gasteiger partial charge on any atom is 0.225 e. The molecular formula is C25H33N3O4. The van der Waals surface area contributed by atoms with E-state index in [-0.39, 0.29) is 17.9 Å². The van der Waals surface area contributed by atoms with Gasteiger partial charge in [0.25, 0.3) is 0 Å². The van der Waals surface area contributed by atoms with E-state index in [0.717, 1.165) is 49.7 Å². The van der Waals surface area contributed by atoms with Crippen LogP contribution in [0.4, 0.5) is 11.4 Å². The average Bonchev–Trinajstić information content (AvgIpc) is 2.85. The van der Waals surface area contributed by atoms with Gasteiger partial charge in [0.15, 0.2) is 0 Å². The number of amides is 1. The fourth-order valence-electron chi connectivity index (χ4n) is 4.79. The fraction of sp³-hybridized carbons (Fsp3) is 0.480. The lowest BCUT2D eigenvalue weighted by Crippen LogP contribution is -2.61. The first-order chi connectivity index (χ1) is 15.6. The highest BCUT2D eigenvalue weighted by Gasteiger charge is 2.41. The fourth-order valence-corrected chi connectivity index (χ4v) is 4.79. The number of nitrogens with one attached hydrogen (secondary N) is 1. The molecule has 2 aliphatic rings. The van der Waals surface area contributed by atoms with Gasteiger partial charge in [0.1, 0.15) is 11.5 Å². The van der Waals surface area contributed by atoms with E-state index in [0.29, 0.717) is 13.2 Å². The molecule has 0 saturated carbocycles. The number of carbonyl (C=O) groups excluding carboxylic acids is 1. The van der Waals surface area contributed by atoms with E-state index in [4.69, 9.17) is 14.2 Å². The number of fused-ring (bicyclic) bond motifs is 3. The van der Waals surface area contributed by atoms with Crippen molar-refractivity contribution >= 4 is 17.3 Å². The van der Waals surface area contributed by atoms with Crippen molar-refractivity contribution in [2.24, 2.45) is 5.92 Å². The number of hydrogen-bond donors (Lipinski definition) is 1. The maximum absolute atomic E-state index is 13.2. The Morgan fingerprint density at radius 3 is 2.50 bits per heavy atom. The van der Waals surface area contributed by atoms with Gasteiger partial charge in [0, 0.05) is 57.3 Å². The van der Waals surface area contributed by atoms with E-state index in [1.807, 2.05) is 18.2 Å². The highest BCUT2D eigenvalue weighted by atomic mass is 16.5. The van der Waals surface area contributed by atoms with Crippen molar-refractivity contribution < 1.29 is 19.0 Å². The third-order valence-electron chi connectivity index (χ3n) is 6.52. The van der Waals surface area contributed by atoms with Gasteiger partial charge in [-0.05, 0) is 48.7 Å². The van der Waals surface area contributed by atoms with Crippen molar-refractivity contribution in [2.75, 3.05) is 63.9 Å². The van der Waals surface area contributed by atoms with Crippen LogP contribution in [0.1, 0.15) is 12.0 Å². The SMILES string of the molecule is COCCCNC(=O)[C@H]1Cc2ccc(OC)cc2N2CCN(c3ccc(OC)cc3)C[C@H]12. The topological polar surface area (TPSA) is 63.3 Å². The van der Waals surface area contributed by atoms with E-state index < -0.39 is 0 Å². The van der Waals surface area contributed by atoms with Gasteiger partial charge in [-0.3, -0.25) is 4.79 Å². The molecule has 1 amide bonds. The second-order valence-corrected chi connectivity index (χ2v) is 8.35. The molecule has 4 rings (SSSR count). The van der Waals surface area contributed by atoms with Gasteiger partial charge in [-0.25, -0.2) is 0 Å². The van der Waals surface area contributed by atoms with Gasteiger partial charge in [-0.2, -0.15) is 0 Å². The summed E-state index contributed by atoms with van der Waals surface area (Å²) in [5.74, 6) is 1.70. The Morgan fingerprint density at radius 2 is 1.78 bits per heavy atom. The summed E-state index contributed by atoms with van der Waals surface area (Å²) in [7, 11) is 5.05. The van der Waals surface area contributed by atoms with Crippen LogP contribution in [0.3, 0.4) is 0 Å². The number of rotatable bonds is 8. The molecule has 0 unspecified atom stereocenters. The number of benzene rings is 2. The molecule has 0 aromatic heterocycles. The van der Waals surface area contributed by atoms with Crippen LogP contribution >= 0.6 is 0 Å². The molecule has 7 nitrogen and oxygen atoms in total. The highest BCUT2D eigenvalue weighted by Crippen LogP contribution is 2.39. The Kier molecular flexibility index (Phi) is 7.05. The third kappa shape index (κ3) is 4.63. The molecule has 0 aliphatic carbocycles. The largest absolute Gasteiger partial charge is 0.497 e. The average molecular weight is 440 g/mol. The summed E-state index contributed by atoms with van der Waals surface area (Å²) in [5, 5.41) is 3.14. The predicted octanol–water partition coefficient (Wildman–Crippen LogP) is 2.72. The number of anilines is 2. The van der Waals surface area contributed by atoms with Gasteiger partial charge in [0.2, 0.25) is 5.91 Å². The summed E-state index contributed by atoms with van der Waals surface area (Å²) in [6, 6.07) is 14.4. The molecule has 0 radical (unpaired) electrons. The van der Waals surface area contributed by atoms with Crippen molar-refractivity contribution in [3.8, 4) is 11.5 Å². The van der Waals surface area contributed by atoms with E-state index in [9.17, 15) is 4.79 Å². The summed E-state index contributed by atoms with van der Waals surface area (Å²) in [5.41, 5.74) is 3.55. The first-order valence-electron chi connectivity index (χ1n) is 11.2. The van der Waals surface area contributed by atoms with Crippen LogP contribution in [0.5, 0.6) is 11.5 Å². The molecule has 1 fully saturated rings. The zero-order valence-corrected chi connectivity index (χ0v) is 19.2. The summed E-state index contributed by atoms with van der Waals surface area (Å²) in [4.78, 5) is 18.0. The summed E-state index contributed by atoms with van der Waals surface area (Å²) < 4.78 is 15.9. The zero-order valence-electron chi connectivity index (χ0n) is 19.2. The zero-order chi connectivity index (χ0) is 22.5. The van der Waals surface area contributed by atoms with Crippen molar-refractivity contribution in [1.29, 1.82) is 0 Å². The number of carbonyl (C=O) groups is 1. The normalized spacial score (nSPS) is 19.7. The maximum atomic E-state index is 13.2. The Labute approximate surface area is 190 Å². The lowest BCUT2D eigenvalue weighted by Gasteiger charge is -2.49. The molecule has 2 aliphatic heterocycles. The van der Waals surface area contributed by atoms with Crippen LogP contribution in [0, 0.1) is 5.92 Å². The first kappa shape index (κ1) is 22.3. The molecule has 1 N–H and O–H groups in total. The van der Waals surface area contributed by atoms with E-state index in [2.05, 4.69) is 39.4 Å². The van der Waals surface area contributed by atoms with Gasteiger partial charge < -0.3 is 29.3 Å². The van der Waals surface area contributed by atoms with Crippen molar-refractivity contribution in [2.45, 2.75) is 18.9 Å². The molecule has 0 bridgehead atoms. The minimum Gasteiger partial charge on any atom is -0.497 e. The van der Waals surface area contributed by atoms with Crippen molar-refractivity contribution in [1.82, 2.24) is 5.32 Å². The molecule has 32 heavy (non-hydrogen) atoms. The number of piperazine rings is 1. The highest BCUT2D eigenvalue weighted by molar-refractivity contribution is 5.82. The molecule has 2 aromatic rings. The Balaban J connectivity index is 1.58. The van der Waals surface area contributed by atoms with Gasteiger partial charge >= 0.3 is 0 Å². The van der Waals surface area contributed by atoms with E-state index >= 15 is 0 Å². The van der Waals surface area contributed by atoms with Crippen molar-refractivity contribution in [3.63, 3.8) is 0 Å². The predicted molar refractivity (Wildman–Crippen MR) is 126 cm³/mol. The van der Waals surface area contributed by atoms with Crippen LogP contribution in [0.15, 0.2) is 42.5 Å². The Bertz CT molecular complexity index is 918. The monoisotopic (exact) mass is 439 g/mol. The Morgan fingerprint density at radius 1 is 1.03 bits per heavy atom. The van der Waals surface area contributed by atoms with E-state index in [1.165, 1.54) is 11.3 Å². The van der Waals surface area contributed by atoms with Crippen LogP contribution in [0.25, 0.3) is 0 Å². The van der Waals surface area contributed by atoms with Crippen LogP contribution in [0.2, 0.25) is 0 Å². The summed E-state index contributed by atoms with van der Waals surface area (Å²) in [6.45, 7) is 3.81. The molecule has 2 aromatic carbocycles. The van der Waals surface area contributed by atoms with E-state index in [1.54, 1.807) is 21.3 Å². The quantitative estimate of drug-likeness (QED) is 0.638. The Hall–Kier alpha value is -2.93. The van der Waals surface area contributed by atoms with Crippen molar-refractivity contribution in [3.05, 3.63) is 48.0 Å². The number of methoxy groups -OCH3 is 3. The standard InChI is InChI=1S/C25H33N3O4/c1-30-14-4-11-26-25(29)22-15-18-5-8-21(32-3)16-23(18)28-13-12-27(17-24(22)28)19-6-9-20(31-2)10-7-19/h5-10,16,22,24H,4,11-15,17H2,1-3H3,(H,26,29)/t22-,24+/m0/s1. The smallest absolute Gasteiger partial charge is 0.225 e. The number of nitrogens with zero attached hydrogens (tertiary/aromatic N) is 2. The second kappa shape index (κ2) is 10.1. The van der Waals surface area contributed by atoms with Gasteiger partial charge in [0.05, 0.1) is 26.2 Å². The van der Waals surface area contributed by atoms with Crippen LogP contribution in [-0.2, 0) is 16.0 Å². The minimum atomic E-state index is -0.112. The number of ether oxygens (including phenoxy) is 3. The van der Waals surface area contributed by atoms with Gasteiger partial charge in [-0.1, -0.05) is 6.07 Å². The molecule has 7 heteroatoms. The summed E-state index contributed by atoms with van der Waals surface area (Å²) in [6.07, 6.45) is 1.54. The minimum absolute atomic E-state index is 0.0906. The first-order valence-corrected chi connectivity index (χ1v) is 11.2. The second-order valence-electron chi connectivity index (χ2n) is 8.35. The molecule has 1 saturated heterocycles. The number of hydrogen-bond acceptors (Lipinski definition) is 6. The van der Waals surface area contributed by atoms with Crippen LogP contribution in [-0.4, -0.2) is 66.1 Å².